The standard InChI is InChI=1S/C21H25F2N3O2/c1-14-19(24-20(28-14)16-10-17(22)12-18(23)11-16)13-25-8-4-15(5-9-25)21(27)26-6-2-3-7-26/h10-12,15H,2-9,13H2,1H3. The van der Waals surface area contributed by atoms with Crippen LogP contribution in [-0.2, 0) is 11.3 Å². The van der Waals surface area contributed by atoms with E-state index in [4.69, 9.17) is 4.42 Å². The molecule has 4 rings (SSSR count). The van der Waals surface area contributed by atoms with Crippen LogP contribution in [0.4, 0.5) is 8.78 Å². The number of halogens is 2. The first-order chi connectivity index (χ1) is 13.5. The molecule has 2 aliphatic heterocycles. The van der Waals surface area contributed by atoms with E-state index in [0.717, 1.165) is 63.6 Å². The van der Waals surface area contributed by atoms with Crippen molar-refractivity contribution >= 4 is 5.91 Å². The van der Waals surface area contributed by atoms with Gasteiger partial charge in [-0.2, -0.15) is 0 Å². The Morgan fingerprint density at radius 1 is 1.11 bits per heavy atom. The first-order valence-corrected chi connectivity index (χ1v) is 9.93. The minimum atomic E-state index is -0.655. The van der Waals surface area contributed by atoms with E-state index < -0.39 is 11.6 Å². The Hall–Kier alpha value is -2.28. The number of carbonyl (C=O) groups is 1. The molecule has 5 nitrogen and oxygen atoms in total. The van der Waals surface area contributed by atoms with E-state index in [2.05, 4.69) is 9.88 Å². The summed E-state index contributed by atoms with van der Waals surface area (Å²) in [5.41, 5.74) is 1.06. The zero-order chi connectivity index (χ0) is 19.7. The van der Waals surface area contributed by atoms with Crippen molar-refractivity contribution < 1.29 is 18.0 Å². The molecule has 2 aliphatic rings. The molecular formula is C21H25F2N3O2. The molecule has 2 aromatic rings. The quantitative estimate of drug-likeness (QED) is 0.799. The molecule has 0 aliphatic carbocycles. The molecule has 28 heavy (non-hydrogen) atoms. The van der Waals surface area contributed by atoms with Crippen molar-refractivity contribution in [1.82, 2.24) is 14.8 Å². The zero-order valence-corrected chi connectivity index (χ0v) is 16.1. The van der Waals surface area contributed by atoms with E-state index in [-0.39, 0.29) is 11.8 Å². The van der Waals surface area contributed by atoms with Gasteiger partial charge in [0.05, 0.1) is 5.69 Å². The van der Waals surface area contributed by atoms with E-state index in [0.29, 0.717) is 23.8 Å². The second-order valence-electron chi connectivity index (χ2n) is 7.76. The van der Waals surface area contributed by atoms with Gasteiger partial charge in [0, 0.05) is 37.2 Å². The van der Waals surface area contributed by atoms with E-state index in [9.17, 15) is 13.6 Å². The Bertz CT molecular complexity index is 833. The van der Waals surface area contributed by atoms with Crippen molar-refractivity contribution in [2.24, 2.45) is 5.92 Å². The fourth-order valence-corrected chi connectivity index (χ4v) is 4.12. The maximum absolute atomic E-state index is 13.5. The number of carbonyl (C=O) groups excluding carboxylic acids is 1. The minimum Gasteiger partial charge on any atom is -0.441 e. The van der Waals surface area contributed by atoms with E-state index in [1.54, 1.807) is 0 Å². The summed E-state index contributed by atoms with van der Waals surface area (Å²) in [6.45, 7) is 5.89. The first-order valence-electron chi connectivity index (χ1n) is 9.93. The lowest BCUT2D eigenvalue weighted by molar-refractivity contribution is -0.136. The molecule has 2 saturated heterocycles. The number of hydrogen-bond acceptors (Lipinski definition) is 4. The van der Waals surface area contributed by atoms with Crippen LogP contribution in [0.15, 0.2) is 22.6 Å². The summed E-state index contributed by atoms with van der Waals surface area (Å²) >= 11 is 0. The summed E-state index contributed by atoms with van der Waals surface area (Å²) in [7, 11) is 0. The molecule has 0 spiro atoms. The van der Waals surface area contributed by atoms with Crippen molar-refractivity contribution in [2.75, 3.05) is 26.2 Å². The van der Waals surface area contributed by atoms with Crippen LogP contribution in [0.5, 0.6) is 0 Å². The van der Waals surface area contributed by atoms with Gasteiger partial charge in [0.2, 0.25) is 11.8 Å². The second-order valence-corrected chi connectivity index (χ2v) is 7.76. The van der Waals surface area contributed by atoms with Gasteiger partial charge >= 0.3 is 0 Å². The van der Waals surface area contributed by atoms with Crippen LogP contribution in [-0.4, -0.2) is 46.9 Å². The van der Waals surface area contributed by atoms with Crippen LogP contribution in [0, 0.1) is 24.5 Å². The Morgan fingerprint density at radius 2 is 1.75 bits per heavy atom. The van der Waals surface area contributed by atoms with E-state index in [1.165, 1.54) is 12.1 Å². The lowest BCUT2D eigenvalue weighted by Gasteiger charge is -2.32. The Balaban J connectivity index is 1.38. The molecule has 7 heteroatoms. The van der Waals surface area contributed by atoms with Crippen molar-refractivity contribution in [2.45, 2.75) is 39.2 Å². The number of amides is 1. The zero-order valence-electron chi connectivity index (χ0n) is 16.1. The fraction of sp³-hybridized carbons (Fsp3) is 0.524. The molecule has 1 amide bonds. The molecule has 0 saturated carbocycles. The molecule has 3 heterocycles. The summed E-state index contributed by atoms with van der Waals surface area (Å²) in [6, 6.07) is 3.26. The second kappa shape index (κ2) is 7.99. The van der Waals surface area contributed by atoms with Crippen molar-refractivity contribution in [3.63, 3.8) is 0 Å². The molecule has 0 bridgehead atoms. The van der Waals surface area contributed by atoms with E-state index in [1.807, 2.05) is 11.8 Å². The highest BCUT2D eigenvalue weighted by atomic mass is 19.1. The molecule has 150 valence electrons. The Morgan fingerprint density at radius 3 is 2.39 bits per heavy atom. The summed E-state index contributed by atoms with van der Waals surface area (Å²) in [5.74, 6) is -0.00186. The molecule has 2 fully saturated rings. The molecule has 1 aromatic carbocycles. The molecule has 1 aromatic heterocycles. The maximum atomic E-state index is 13.5. The fourth-order valence-electron chi connectivity index (χ4n) is 4.12. The SMILES string of the molecule is Cc1oc(-c2cc(F)cc(F)c2)nc1CN1CCC(C(=O)N2CCCC2)CC1. The molecule has 0 atom stereocenters. The average molecular weight is 389 g/mol. The van der Waals surface area contributed by atoms with Crippen molar-refractivity contribution in [3.05, 3.63) is 41.3 Å². The number of piperidine rings is 1. The number of oxazole rings is 1. The smallest absolute Gasteiger partial charge is 0.226 e. The molecule has 0 radical (unpaired) electrons. The number of benzene rings is 1. The third kappa shape index (κ3) is 4.09. The number of likely N-dealkylation sites (tertiary alicyclic amines) is 2. The van der Waals surface area contributed by atoms with Gasteiger partial charge in [-0.15, -0.1) is 0 Å². The van der Waals surface area contributed by atoms with Gasteiger partial charge in [0.1, 0.15) is 17.4 Å². The predicted octanol–water partition coefficient (Wildman–Crippen LogP) is 3.76. The van der Waals surface area contributed by atoms with Gasteiger partial charge in [-0.3, -0.25) is 9.69 Å². The van der Waals surface area contributed by atoms with Crippen LogP contribution in [0.2, 0.25) is 0 Å². The summed E-state index contributed by atoms with van der Waals surface area (Å²) in [6.07, 6.45) is 3.95. The van der Waals surface area contributed by atoms with Gasteiger partial charge < -0.3 is 9.32 Å². The van der Waals surface area contributed by atoms with Crippen LogP contribution < -0.4 is 0 Å². The number of hydrogen-bond donors (Lipinski definition) is 0. The highest BCUT2D eigenvalue weighted by molar-refractivity contribution is 5.79. The van der Waals surface area contributed by atoms with Gasteiger partial charge in [0.25, 0.3) is 0 Å². The van der Waals surface area contributed by atoms with Gasteiger partial charge in [-0.1, -0.05) is 0 Å². The average Bonchev–Trinajstić information content (AvgIpc) is 3.32. The Labute approximate surface area is 163 Å². The highest BCUT2D eigenvalue weighted by Gasteiger charge is 2.30. The topological polar surface area (TPSA) is 49.6 Å². The Kier molecular flexibility index (Phi) is 5.44. The molecule has 0 unspecified atom stereocenters. The summed E-state index contributed by atoms with van der Waals surface area (Å²) in [5, 5.41) is 0. The van der Waals surface area contributed by atoms with Gasteiger partial charge in [-0.05, 0) is 57.8 Å². The van der Waals surface area contributed by atoms with Gasteiger partial charge in [0.15, 0.2) is 0 Å². The normalized spacial score (nSPS) is 18.8. The van der Waals surface area contributed by atoms with Crippen LogP contribution in [0.1, 0.15) is 37.1 Å². The highest BCUT2D eigenvalue weighted by Crippen LogP contribution is 2.26. The first kappa shape index (κ1) is 19.1. The third-order valence-corrected chi connectivity index (χ3v) is 5.73. The van der Waals surface area contributed by atoms with Crippen LogP contribution in [0.25, 0.3) is 11.5 Å². The van der Waals surface area contributed by atoms with E-state index >= 15 is 0 Å². The van der Waals surface area contributed by atoms with Gasteiger partial charge in [-0.25, -0.2) is 13.8 Å². The summed E-state index contributed by atoms with van der Waals surface area (Å²) < 4.78 is 32.6. The van der Waals surface area contributed by atoms with Crippen molar-refractivity contribution in [1.29, 1.82) is 0 Å². The lowest BCUT2D eigenvalue weighted by Crippen LogP contribution is -2.41. The number of aryl methyl sites for hydroxylation is 1. The van der Waals surface area contributed by atoms with Crippen molar-refractivity contribution in [3.8, 4) is 11.5 Å². The number of nitrogens with zero attached hydrogens (tertiary/aromatic N) is 3. The minimum absolute atomic E-state index is 0.124. The van der Waals surface area contributed by atoms with Crippen LogP contribution >= 0.6 is 0 Å². The lowest BCUT2D eigenvalue weighted by atomic mass is 9.95. The molecule has 0 N–H and O–H groups in total. The predicted molar refractivity (Wildman–Crippen MR) is 100 cm³/mol. The van der Waals surface area contributed by atoms with Crippen LogP contribution in [0.3, 0.4) is 0 Å². The maximum Gasteiger partial charge on any atom is 0.226 e. The number of aromatic nitrogens is 1. The largest absolute Gasteiger partial charge is 0.441 e. The third-order valence-electron chi connectivity index (χ3n) is 5.73. The number of rotatable bonds is 4. The summed E-state index contributed by atoms with van der Waals surface area (Å²) in [4.78, 5) is 21.3. The monoisotopic (exact) mass is 389 g/mol. The molecular weight excluding hydrogens is 364 g/mol.